The number of nitriles is 1. The molecular formula is C13H14N6O2S. The van der Waals surface area contributed by atoms with Crippen molar-refractivity contribution in [1.29, 1.82) is 5.26 Å². The first-order chi connectivity index (χ1) is 10.4. The largest absolute Gasteiger partial charge is 0.301 e. The summed E-state index contributed by atoms with van der Waals surface area (Å²) in [6, 6.07) is 14.6. The van der Waals surface area contributed by atoms with Crippen LogP contribution in [-0.4, -0.2) is 8.42 Å². The van der Waals surface area contributed by atoms with Crippen molar-refractivity contribution in [2.45, 2.75) is 4.90 Å². The Morgan fingerprint density at radius 3 is 2.32 bits per heavy atom. The normalized spacial score (nSPS) is 10.8. The molecule has 0 saturated carbocycles. The maximum absolute atomic E-state index is 11.5. The maximum Gasteiger partial charge on any atom is 0.240 e. The van der Waals surface area contributed by atoms with E-state index in [0.717, 1.165) is 5.12 Å². The van der Waals surface area contributed by atoms with Gasteiger partial charge in [0.05, 0.1) is 23.0 Å². The van der Waals surface area contributed by atoms with Gasteiger partial charge in [-0.25, -0.2) is 24.5 Å². The molecule has 0 amide bonds. The van der Waals surface area contributed by atoms with Crippen LogP contribution in [-0.2, 0) is 10.0 Å². The number of nitrogens with one attached hydrogen (secondary N) is 2. The number of hydrazine groups is 3. The standard InChI is InChI=1S/C13H14N6O2S/c14-9-10-5-7-11(8-6-10)19(15)18-17-12-3-1-2-4-13(12)22(16,20)21/h1-8,17-18H,15H2,(H2,16,20,21). The summed E-state index contributed by atoms with van der Waals surface area (Å²) in [6.07, 6.45) is 0. The topological polar surface area (TPSA) is 137 Å². The van der Waals surface area contributed by atoms with Crippen LogP contribution in [0.25, 0.3) is 0 Å². The Labute approximate surface area is 127 Å². The fraction of sp³-hybridized carbons (Fsp3) is 0. The van der Waals surface area contributed by atoms with Crippen LogP contribution in [0.3, 0.4) is 0 Å². The van der Waals surface area contributed by atoms with Crippen molar-refractivity contribution in [2.75, 3.05) is 10.5 Å². The minimum Gasteiger partial charge on any atom is -0.301 e. The lowest BCUT2D eigenvalue weighted by molar-refractivity contribution is 0.597. The highest BCUT2D eigenvalue weighted by molar-refractivity contribution is 7.89. The molecule has 0 unspecified atom stereocenters. The predicted octanol–water partition coefficient (Wildman–Crippen LogP) is 0.417. The summed E-state index contributed by atoms with van der Waals surface area (Å²) in [5.41, 5.74) is 6.63. The van der Waals surface area contributed by atoms with E-state index in [0.29, 0.717) is 11.3 Å². The van der Waals surface area contributed by atoms with Crippen LogP contribution in [0.15, 0.2) is 53.4 Å². The smallest absolute Gasteiger partial charge is 0.240 e. The first-order valence-electron chi connectivity index (χ1n) is 6.10. The van der Waals surface area contributed by atoms with E-state index in [1.165, 1.54) is 6.07 Å². The summed E-state index contributed by atoms with van der Waals surface area (Å²) in [5.74, 6) is 5.79. The van der Waals surface area contributed by atoms with Gasteiger partial charge >= 0.3 is 0 Å². The van der Waals surface area contributed by atoms with Crippen LogP contribution >= 0.6 is 0 Å². The fourth-order valence-electron chi connectivity index (χ4n) is 1.70. The van der Waals surface area contributed by atoms with E-state index < -0.39 is 10.0 Å². The molecular weight excluding hydrogens is 304 g/mol. The van der Waals surface area contributed by atoms with Crippen molar-refractivity contribution in [3.8, 4) is 6.07 Å². The van der Waals surface area contributed by atoms with Crippen molar-refractivity contribution < 1.29 is 8.42 Å². The second kappa shape index (κ2) is 6.42. The van der Waals surface area contributed by atoms with Crippen molar-refractivity contribution in [2.24, 2.45) is 11.0 Å². The summed E-state index contributed by atoms with van der Waals surface area (Å²) >= 11 is 0. The Balaban J connectivity index is 2.11. The number of hydrogen-bond acceptors (Lipinski definition) is 7. The van der Waals surface area contributed by atoms with Gasteiger partial charge in [-0.3, -0.25) is 0 Å². The van der Waals surface area contributed by atoms with Crippen LogP contribution in [0.2, 0.25) is 0 Å². The molecule has 0 spiro atoms. The van der Waals surface area contributed by atoms with E-state index in [1.807, 2.05) is 6.07 Å². The number of hydrogen-bond donors (Lipinski definition) is 4. The molecule has 8 nitrogen and oxygen atoms in total. The van der Waals surface area contributed by atoms with E-state index in [-0.39, 0.29) is 10.6 Å². The molecule has 0 radical (unpaired) electrons. The van der Waals surface area contributed by atoms with Gasteiger partial charge < -0.3 is 5.43 Å². The van der Waals surface area contributed by atoms with E-state index in [9.17, 15) is 8.42 Å². The van der Waals surface area contributed by atoms with Crippen LogP contribution < -0.4 is 27.1 Å². The highest BCUT2D eigenvalue weighted by Gasteiger charge is 2.13. The van der Waals surface area contributed by atoms with E-state index in [1.54, 1.807) is 42.5 Å². The van der Waals surface area contributed by atoms with E-state index in [2.05, 4.69) is 11.0 Å². The fourth-order valence-corrected chi connectivity index (χ4v) is 2.39. The van der Waals surface area contributed by atoms with Crippen molar-refractivity contribution in [3.05, 3.63) is 54.1 Å². The van der Waals surface area contributed by atoms with Gasteiger partial charge in [0.25, 0.3) is 0 Å². The quantitative estimate of drug-likeness (QED) is 0.463. The molecule has 0 heterocycles. The zero-order chi connectivity index (χ0) is 16.2. The summed E-state index contributed by atoms with van der Waals surface area (Å²) < 4.78 is 22.9. The molecule has 114 valence electrons. The van der Waals surface area contributed by atoms with Gasteiger partial charge in [-0.2, -0.15) is 5.26 Å². The molecule has 2 aromatic rings. The van der Waals surface area contributed by atoms with E-state index in [4.69, 9.17) is 16.2 Å². The molecule has 9 heteroatoms. The number of benzene rings is 2. The highest BCUT2D eigenvalue weighted by Crippen LogP contribution is 2.18. The average Bonchev–Trinajstić information content (AvgIpc) is 2.52. The summed E-state index contributed by atoms with van der Waals surface area (Å²) in [6.45, 7) is 0. The van der Waals surface area contributed by atoms with Crippen LogP contribution in [0, 0.1) is 11.3 Å². The summed E-state index contributed by atoms with van der Waals surface area (Å²) in [5, 5.41) is 15.0. The number of para-hydroxylation sites is 1. The molecule has 6 N–H and O–H groups in total. The van der Waals surface area contributed by atoms with Crippen molar-refractivity contribution >= 4 is 21.4 Å². The van der Waals surface area contributed by atoms with Crippen LogP contribution in [0.5, 0.6) is 0 Å². The van der Waals surface area contributed by atoms with Gasteiger partial charge in [0, 0.05) is 0 Å². The first-order valence-corrected chi connectivity index (χ1v) is 7.65. The summed E-state index contributed by atoms with van der Waals surface area (Å²) in [7, 11) is -3.85. The maximum atomic E-state index is 11.5. The molecule has 0 aliphatic heterocycles. The molecule has 0 aliphatic carbocycles. The zero-order valence-corrected chi connectivity index (χ0v) is 12.2. The second-order valence-electron chi connectivity index (χ2n) is 4.31. The zero-order valence-electron chi connectivity index (χ0n) is 11.4. The SMILES string of the molecule is N#Cc1ccc(N(N)NNc2ccccc2S(N)(=O)=O)cc1. The van der Waals surface area contributed by atoms with Gasteiger partial charge in [-0.15, -0.1) is 5.53 Å². The van der Waals surface area contributed by atoms with Gasteiger partial charge in [-0.05, 0) is 36.4 Å². The number of sulfonamides is 1. The second-order valence-corrected chi connectivity index (χ2v) is 5.84. The Hall–Kier alpha value is -2.64. The molecule has 2 aromatic carbocycles. The Kier molecular flexibility index (Phi) is 4.59. The van der Waals surface area contributed by atoms with Crippen LogP contribution in [0.1, 0.15) is 5.56 Å². The lowest BCUT2D eigenvalue weighted by Gasteiger charge is -2.21. The molecule has 0 aliphatic rings. The average molecular weight is 318 g/mol. The number of nitrogens with zero attached hydrogens (tertiary/aromatic N) is 2. The van der Waals surface area contributed by atoms with Gasteiger partial charge in [-0.1, -0.05) is 12.1 Å². The first kappa shape index (κ1) is 15.7. The molecule has 0 saturated heterocycles. The lowest BCUT2D eigenvalue weighted by Crippen LogP contribution is -2.47. The molecule has 2 rings (SSSR count). The van der Waals surface area contributed by atoms with Crippen molar-refractivity contribution in [3.63, 3.8) is 0 Å². The minimum atomic E-state index is -3.85. The third-order valence-electron chi connectivity index (χ3n) is 2.78. The predicted molar refractivity (Wildman–Crippen MR) is 82.4 cm³/mol. The number of primary sulfonamides is 1. The summed E-state index contributed by atoms with van der Waals surface area (Å²) in [4.78, 5) is -0.0595. The lowest BCUT2D eigenvalue weighted by atomic mass is 10.2. The Bertz CT molecular complexity index is 798. The van der Waals surface area contributed by atoms with Crippen molar-refractivity contribution in [1.82, 2.24) is 5.53 Å². The monoisotopic (exact) mass is 318 g/mol. The number of anilines is 2. The van der Waals surface area contributed by atoms with E-state index >= 15 is 0 Å². The molecule has 0 bridgehead atoms. The molecule has 0 atom stereocenters. The Morgan fingerprint density at radius 2 is 1.73 bits per heavy atom. The number of rotatable bonds is 5. The van der Waals surface area contributed by atoms with Gasteiger partial charge in [0.2, 0.25) is 10.0 Å². The van der Waals surface area contributed by atoms with Crippen LogP contribution in [0.4, 0.5) is 11.4 Å². The third kappa shape index (κ3) is 3.72. The van der Waals surface area contributed by atoms with Gasteiger partial charge in [0.1, 0.15) is 4.90 Å². The van der Waals surface area contributed by atoms with Gasteiger partial charge in [0.15, 0.2) is 0 Å². The Morgan fingerprint density at radius 1 is 1.09 bits per heavy atom. The molecule has 0 fully saturated rings. The minimum absolute atomic E-state index is 0.0595. The third-order valence-corrected chi connectivity index (χ3v) is 3.75. The molecule has 0 aromatic heterocycles. The molecule has 22 heavy (non-hydrogen) atoms. The highest BCUT2D eigenvalue weighted by atomic mass is 32.2. The number of nitrogens with two attached hydrogens (primary N) is 2.